The van der Waals surface area contributed by atoms with Crippen molar-refractivity contribution in [2.75, 3.05) is 44.2 Å². The number of pyridine rings is 1. The molecule has 2 aromatic rings. The quantitative estimate of drug-likeness (QED) is 0.834. The number of hydrogen-bond donors (Lipinski definition) is 0. The number of para-hydroxylation sites is 1. The summed E-state index contributed by atoms with van der Waals surface area (Å²) in [5.74, 6) is 0.309. The molecule has 1 atom stereocenters. The van der Waals surface area contributed by atoms with Crippen molar-refractivity contribution < 1.29 is 4.79 Å². The van der Waals surface area contributed by atoms with Gasteiger partial charge in [-0.1, -0.05) is 25.1 Å². The molecule has 3 heterocycles. The van der Waals surface area contributed by atoms with Crippen LogP contribution in [0.3, 0.4) is 0 Å². The smallest absolute Gasteiger partial charge is 0.239 e. The number of carbonyl (C=O) groups excluding carboxylic acids is 1. The van der Waals surface area contributed by atoms with Crippen LogP contribution in [-0.4, -0.2) is 66.0 Å². The van der Waals surface area contributed by atoms with Gasteiger partial charge in [0.2, 0.25) is 5.91 Å². The lowest BCUT2D eigenvalue weighted by atomic mass is 10.1. The molecule has 5 nitrogen and oxygen atoms in total. The number of piperazine rings is 1. The third-order valence-corrected chi connectivity index (χ3v) is 6.09. The second kappa shape index (κ2) is 7.85. The number of benzene rings is 1. The first-order valence-electron chi connectivity index (χ1n) is 10.3. The van der Waals surface area contributed by atoms with Crippen LogP contribution in [-0.2, 0) is 11.2 Å². The Morgan fingerprint density at radius 3 is 2.48 bits per heavy atom. The lowest BCUT2D eigenvalue weighted by molar-refractivity contribution is -0.135. The number of likely N-dealkylation sites (tertiary alicyclic amines) is 1. The summed E-state index contributed by atoms with van der Waals surface area (Å²) in [7, 11) is 0. The zero-order valence-corrected chi connectivity index (χ0v) is 16.5. The van der Waals surface area contributed by atoms with Crippen molar-refractivity contribution in [1.29, 1.82) is 0 Å². The number of anilines is 1. The van der Waals surface area contributed by atoms with Gasteiger partial charge in [-0.25, -0.2) is 0 Å². The van der Waals surface area contributed by atoms with E-state index in [0.29, 0.717) is 5.91 Å². The standard InChI is InChI=1S/C22H30N4O/c1-3-18-16-21(19-8-4-5-9-20(19)23-18)25-14-12-24(13-15-25)17(2)22(27)26-10-6-7-11-26/h4-5,8-9,16-17H,3,6-7,10-15H2,1-2H3. The van der Waals surface area contributed by atoms with Crippen LogP contribution in [0, 0.1) is 0 Å². The molecule has 2 aliphatic rings. The molecule has 144 valence electrons. The molecule has 1 aromatic heterocycles. The molecular formula is C22H30N4O. The minimum absolute atomic E-state index is 0.00867. The molecule has 4 rings (SSSR count). The fourth-order valence-corrected chi connectivity index (χ4v) is 4.36. The summed E-state index contributed by atoms with van der Waals surface area (Å²) < 4.78 is 0. The Bertz CT molecular complexity index is 807. The third-order valence-electron chi connectivity index (χ3n) is 6.09. The monoisotopic (exact) mass is 366 g/mol. The molecule has 0 aliphatic carbocycles. The Morgan fingerprint density at radius 1 is 1.07 bits per heavy atom. The van der Waals surface area contributed by atoms with E-state index in [4.69, 9.17) is 4.98 Å². The normalized spacial score (nSPS) is 19.6. The van der Waals surface area contributed by atoms with Crippen molar-refractivity contribution in [1.82, 2.24) is 14.8 Å². The molecule has 0 bridgehead atoms. The number of fused-ring (bicyclic) bond motifs is 1. The summed E-state index contributed by atoms with van der Waals surface area (Å²) in [6, 6.07) is 10.7. The van der Waals surface area contributed by atoms with E-state index in [2.05, 4.69) is 54.0 Å². The van der Waals surface area contributed by atoms with Gasteiger partial charge in [-0.05, 0) is 38.3 Å². The second-order valence-electron chi connectivity index (χ2n) is 7.73. The SMILES string of the molecule is CCc1cc(N2CCN(C(C)C(=O)N3CCCC3)CC2)c2ccccc2n1. The minimum Gasteiger partial charge on any atom is -0.368 e. The van der Waals surface area contributed by atoms with Crippen molar-refractivity contribution in [2.24, 2.45) is 0 Å². The van der Waals surface area contributed by atoms with Crippen LogP contribution in [0.25, 0.3) is 10.9 Å². The van der Waals surface area contributed by atoms with Crippen LogP contribution >= 0.6 is 0 Å². The van der Waals surface area contributed by atoms with Crippen LogP contribution in [0.4, 0.5) is 5.69 Å². The Hall–Kier alpha value is -2.14. The van der Waals surface area contributed by atoms with Crippen molar-refractivity contribution in [3.05, 3.63) is 36.0 Å². The summed E-state index contributed by atoms with van der Waals surface area (Å²) in [6.45, 7) is 9.87. The number of carbonyl (C=O) groups is 1. The Balaban J connectivity index is 1.48. The van der Waals surface area contributed by atoms with E-state index in [0.717, 1.165) is 69.7 Å². The maximum absolute atomic E-state index is 12.7. The zero-order chi connectivity index (χ0) is 18.8. The number of hydrogen-bond acceptors (Lipinski definition) is 4. The highest BCUT2D eigenvalue weighted by Crippen LogP contribution is 2.28. The molecule has 2 aliphatic heterocycles. The molecular weight excluding hydrogens is 336 g/mol. The van der Waals surface area contributed by atoms with Crippen molar-refractivity contribution in [3.63, 3.8) is 0 Å². The summed E-state index contributed by atoms with van der Waals surface area (Å²) >= 11 is 0. The number of aromatic nitrogens is 1. The van der Waals surface area contributed by atoms with Crippen LogP contribution < -0.4 is 4.90 Å². The highest BCUT2D eigenvalue weighted by molar-refractivity contribution is 5.92. The third kappa shape index (κ3) is 3.65. The second-order valence-corrected chi connectivity index (χ2v) is 7.73. The molecule has 27 heavy (non-hydrogen) atoms. The van der Waals surface area contributed by atoms with Crippen molar-refractivity contribution in [3.8, 4) is 0 Å². The molecule has 2 fully saturated rings. The van der Waals surface area contributed by atoms with E-state index in [1.165, 1.54) is 11.1 Å². The fourth-order valence-electron chi connectivity index (χ4n) is 4.36. The van der Waals surface area contributed by atoms with Gasteiger partial charge in [-0.3, -0.25) is 14.7 Å². The van der Waals surface area contributed by atoms with Gasteiger partial charge in [0.15, 0.2) is 0 Å². The van der Waals surface area contributed by atoms with E-state index in [1.54, 1.807) is 0 Å². The van der Waals surface area contributed by atoms with Gasteiger partial charge in [-0.15, -0.1) is 0 Å². The highest BCUT2D eigenvalue weighted by Gasteiger charge is 2.30. The summed E-state index contributed by atoms with van der Waals surface area (Å²) in [4.78, 5) is 24.3. The molecule has 0 radical (unpaired) electrons. The molecule has 0 spiro atoms. The number of aryl methyl sites for hydroxylation is 1. The largest absolute Gasteiger partial charge is 0.368 e. The number of rotatable bonds is 4. The predicted molar refractivity (Wildman–Crippen MR) is 110 cm³/mol. The molecule has 0 saturated carbocycles. The fraction of sp³-hybridized carbons (Fsp3) is 0.545. The lowest BCUT2D eigenvalue weighted by Crippen LogP contribution is -2.54. The van der Waals surface area contributed by atoms with E-state index in [1.807, 2.05) is 4.90 Å². The maximum Gasteiger partial charge on any atom is 0.239 e. The topological polar surface area (TPSA) is 39.7 Å². The average molecular weight is 367 g/mol. The first kappa shape index (κ1) is 18.2. The van der Waals surface area contributed by atoms with Gasteiger partial charge >= 0.3 is 0 Å². The summed E-state index contributed by atoms with van der Waals surface area (Å²) in [5, 5.41) is 1.23. The molecule has 1 unspecified atom stereocenters. The maximum atomic E-state index is 12.7. The predicted octanol–water partition coefficient (Wildman–Crippen LogP) is 2.93. The molecule has 0 N–H and O–H groups in total. The van der Waals surface area contributed by atoms with Crippen LogP contribution in [0.1, 0.15) is 32.4 Å². The molecule has 2 saturated heterocycles. The van der Waals surface area contributed by atoms with Gasteiger partial charge in [0.05, 0.1) is 11.6 Å². The van der Waals surface area contributed by atoms with Crippen molar-refractivity contribution in [2.45, 2.75) is 39.2 Å². The Labute approximate surface area is 162 Å². The van der Waals surface area contributed by atoms with Gasteiger partial charge in [0, 0.05) is 56.0 Å². The number of nitrogens with zero attached hydrogens (tertiary/aromatic N) is 4. The van der Waals surface area contributed by atoms with Crippen molar-refractivity contribution >= 4 is 22.5 Å². The highest BCUT2D eigenvalue weighted by atomic mass is 16.2. The first-order valence-corrected chi connectivity index (χ1v) is 10.3. The van der Waals surface area contributed by atoms with E-state index in [9.17, 15) is 4.79 Å². The number of amides is 1. The lowest BCUT2D eigenvalue weighted by Gasteiger charge is -2.39. The minimum atomic E-state index is -0.00867. The van der Waals surface area contributed by atoms with E-state index in [-0.39, 0.29) is 6.04 Å². The van der Waals surface area contributed by atoms with E-state index >= 15 is 0 Å². The van der Waals surface area contributed by atoms with Gasteiger partial charge < -0.3 is 9.80 Å². The Morgan fingerprint density at radius 2 is 1.78 bits per heavy atom. The van der Waals surface area contributed by atoms with Crippen LogP contribution in [0.15, 0.2) is 30.3 Å². The van der Waals surface area contributed by atoms with E-state index < -0.39 is 0 Å². The molecule has 1 aromatic carbocycles. The zero-order valence-electron chi connectivity index (χ0n) is 16.5. The average Bonchev–Trinajstić information content (AvgIpc) is 3.27. The summed E-state index contributed by atoms with van der Waals surface area (Å²) in [6.07, 6.45) is 3.25. The molecule has 5 heteroatoms. The molecule has 1 amide bonds. The Kier molecular flexibility index (Phi) is 5.30. The summed E-state index contributed by atoms with van der Waals surface area (Å²) in [5.41, 5.74) is 3.51. The first-order chi connectivity index (χ1) is 13.2. The van der Waals surface area contributed by atoms with Crippen LogP contribution in [0.2, 0.25) is 0 Å². The van der Waals surface area contributed by atoms with Gasteiger partial charge in [-0.2, -0.15) is 0 Å². The van der Waals surface area contributed by atoms with Gasteiger partial charge in [0.25, 0.3) is 0 Å². The van der Waals surface area contributed by atoms with Gasteiger partial charge in [0.1, 0.15) is 0 Å². The van der Waals surface area contributed by atoms with Crippen LogP contribution in [0.5, 0.6) is 0 Å².